The van der Waals surface area contributed by atoms with Crippen LogP contribution in [0.15, 0.2) is 0 Å². The van der Waals surface area contributed by atoms with Crippen LogP contribution in [0.3, 0.4) is 0 Å². The fourth-order valence-corrected chi connectivity index (χ4v) is 0. The van der Waals surface area contributed by atoms with Crippen LogP contribution in [-0.2, 0) is 0 Å². The molecule has 5 nitrogen and oxygen atoms in total. The molecule has 0 saturated heterocycles. The second-order valence-electron chi connectivity index (χ2n) is 0.268. The molecule has 0 bridgehead atoms. The summed E-state index contributed by atoms with van der Waals surface area (Å²) in [5.41, 5.74) is 0. The molecule has 0 aliphatic rings. The van der Waals surface area contributed by atoms with E-state index >= 15 is 0 Å². The predicted molar refractivity (Wildman–Crippen MR) is 20.8 cm³/mol. The Morgan fingerprint density at radius 2 is 0.833 bits per heavy atom. The summed E-state index contributed by atoms with van der Waals surface area (Å²) in [5.74, 6) is 0. The maximum atomic E-state index is 7.23. The van der Waals surface area contributed by atoms with E-state index in [1.807, 2.05) is 0 Å². The van der Waals surface area contributed by atoms with Gasteiger partial charge in [-0.3, -0.25) is 0 Å². The molecule has 0 spiro atoms. The first kappa shape index (κ1) is 16.3. The van der Waals surface area contributed by atoms with Gasteiger partial charge in [-0.1, -0.05) is 0 Å². The van der Waals surface area contributed by atoms with E-state index in [1.54, 1.807) is 0 Å². The maximum Gasteiger partial charge on any atom is 0.324 e. The van der Waals surface area contributed by atoms with Crippen LogP contribution in [0.2, 0.25) is 0 Å². The molecule has 7 N–H and O–H groups in total. The molecular weight excluding hydrogens is 111 g/mol. The summed E-state index contributed by atoms with van der Waals surface area (Å²) >= 11 is 0. The lowest BCUT2D eigenvalue weighted by Crippen LogP contribution is -1.54. The van der Waals surface area contributed by atoms with E-state index in [1.165, 1.54) is 0 Å². The maximum absolute atomic E-state index is 7.23. The Morgan fingerprint density at radius 1 is 0.833 bits per heavy atom. The average molecular weight is 118 g/mol. The van der Waals surface area contributed by atoms with Crippen LogP contribution in [0, 0.1) is 0 Å². The van der Waals surface area contributed by atoms with E-state index in [9.17, 15) is 0 Å². The number of hydrogen-bond donors (Lipinski definition) is 3. The Morgan fingerprint density at radius 3 is 0.833 bits per heavy atom. The van der Waals surface area contributed by atoms with Gasteiger partial charge in [-0.05, 0) is 0 Å². The zero-order valence-corrected chi connectivity index (χ0v) is 3.68. The van der Waals surface area contributed by atoms with Gasteiger partial charge < -0.3 is 25.6 Å². The highest BCUT2D eigenvalue weighted by atomic mass is 31.2. The van der Waals surface area contributed by atoms with Crippen LogP contribution in [0.4, 0.5) is 0 Å². The molecule has 0 aromatic carbocycles. The Bertz CT molecular complexity index is 8.66. The van der Waals surface area contributed by atoms with Gasteiger partial charge in [-0.25, -0.2) is 0 Å². The summed E-state index contributed by atoms with van der Waals surface area (Å²) < 4.78 is 0. The van der Waals surface area contributed by atoms with Gasteiger partial charge in [0.25, 0.3) is 0 Å². The van der Waals surface area contributed by atoms with Crippen LogP contribution in [0.1, 0.15) is 0 Å². The van der Waals surface area contributed by atoms with Crippen LogP contribution < -0.4 is 0 Å². The van der Waals surface area contributed by atoms with Gasteiger partial charge in [0.05, 0.1) is 0 Å². The number of hydrogen-bond acceptors (Lipinski definition) is 3. The summed E-state index contributed by atoms with van der Waals surface area (Å²) in [7, 11) is -2.62. The fraction of sp³-hybridized carbons (Fsp3) is 0. The van der Waals surface area contributed by atoms with Crippen molar-refractivity contribution < 1.29 is 25.6 Å². The van der Waals surface area contributed by atoms with Crippen molar-refractivity contribution in [2.24, 2.45) is 0 Å². The van der Waals surface area contributed by atoms with Crippen molar-refractivity contribution in [3.63, 3.8) is 0 Å². The Labute approximate surface area is 35.5 Å². The highest BCUT2D eigenvalue weighted by molar-refractivity contribution is 7.38. The van der Waals surface area contributed by atoms with Gasteiger partial charge in [0.15, 0.2) is 0 Å². The van der Waals surface area contributed by atoms with Crippen LogP contribution in [-0.4, -0.2) is 25.6 Å². The van der Waals surface area contributed by atoms with E-state index in [2.05, 4.69) is 0 Å². The van der Waals surface area contributed by atoms with Crippen molar-refractivity contribution in [1.82, 2.24) is 0 Å². The minimum absolute atomic E-state index is 0. The molecule has 0 aromatic heterocycles. The third-order valence-corrected chi connectivity index (χ3v) is 0. The first-order valence-electron chi connectivity index (χ1n) is 0.600. The Balaban J connectivity index is -0.0000000450. The zero-order valence-electron chi connectivity index (χ0n) is 2.79. The summed E-state index contributed by atoms with van der Waals surface area (Å²) in [6, 6.07) is 0. The molecule has 6 heteroatoms. The lowest BCUT2D eigenvalue weighted by Gasteiger charge is -1.76. The van der Waals surface area contributed by atoms with Gasteiger partial charge in [0, 0.05) is 0 Å². The van der Waals surface area contributed by atoms with Gasteiger partial charge in [-0.2, -0.15) is 0 Å². The van der Waals surface area contributed by atoms with E-state index in [0.717, 1.165) is 0 Å². The van der Waals surface area contributed by atoms with Crippen molar-refractivity contribution in [3.05, 3.63) is 0 Å². The molecule has 42 valence electrons. The fourth-order valence-electron chi connectivity index (χ4n) is 0. The van der Waals surface area contributed by atoms with Crippen molar-refractivity contribution >= 4 is 8.60 Å². The first-order valence-corrected chi connectivity index (χ1v) is 1.80. The lowest BCUT2D eigenvalue weighted by molar-refractivity contribution is 0.368. The van der Waals surface area contributed by atoms with E-state index < -0.39 is 8.60 Å². The quantitative estimate of drug-likeness (QED) is 0.305. The smallest absolute Gasteiger partial charge is 0.324 e. The topological polar surface area (TPSA) is 124 Å². The predicted octanol–water partition coefficient (Wildman–Crippen LogP) is -2.46. The van der Waals surface area contributed by atoms with Crippen LogP contribution in [0.5, 0.6) is 0 Å². The van der Waals surface area contributed by atoms with E-state index in [0.29, 0.717) is 0 Å². The third-order valence-electron chi connectivity index (χ3n) is 0. The molecule has 0 unspecified atom stereocenters. The van der Waals surface area contributed by atoms with Gasteiger partial charge in [0.1, 0.15) is 0 Å². The highest BCUT2D eigenvalue weighted by Crippen LogP contribution is 2.11. The molecule has 0 saturated carbocycles. The van der Waals surface area contributed by atoms with E-state index in [4.69, 9.17) is 14.7 Å². The van der Waals surface area contributed by atoms with Crippen molar-refractivity contribution in [3.8, 4) is 0 Å². The first-order chi connectivity index (χ1) is 1.73. The molecule has 0 rings (SSSR count). The van der Waals surface area contributed by atoms with Crippen LogP contribution in [0.25, 0.3) is 0 Å². The van der Waals surface area contributed by atoms with E-state index in [-0.39, 0.29) is 11.0 Å². The van der Waals surface area contributed by atoms with Crippen molar-refractivity contribution in [2.75, 3.05) is 0 Å². The highest BCUT2D eigenvalue weighted by Gasteiger charge is 1.76. The molecule has 0 fully saturated rings. The molecule has 0 aromatic rings. The van der Waals surface area contributed by atoms with Gasteiger partial charge in [-0.15, -0.1) is 0 Å². The Hall–Kier alpha value is 0.230. The molecule has 0 heterocycles. The summed E-state index contributed by atoms with van der Waals surface area (Å²) in [6.07, 6.45) is 0. The number of rotatable bonds is 0. The minimum atomic E-state index is -2.62. The largest absolute Gasteiger partial charge is 0.412 e. The molecule has 6 heavy (non-hydrogen) atoms. The van der Waals surface area contributed by atoms with Crippen LogP contribution >= 0.6 is 8.60 Å². The second-order valence-corrected chi connectivity index (χ2v) is 0.805. The zero-order chi connectivity index (χ0) is 3.58. The van der Waals surface area contributed by atoms with Crippen molar-refractivity contribution in [1.29, 1.82) is 0 Å². The standard InChI is InChI=1S/H3O3P.2H2O/c1-4(2)3;;/h1-3H;2*1H2. The van der Waals surface area contributed by atoms with Gasteiger partial charge >= 0.3 is 8.60 Å². The summed E-state index contributed by atoms with van der Waals surface area (Å²) in [6.45, 7) is 0. The normalized spacial score (nSPS) is 6.00. The van der Waals surface area contributed by atoms with Gasteiger partial charge in [0.2, 0.25) is 0 Å². The Kier molecular flexibility index (Phi) is 24.4. The van der Waals surface area contributed by atoms with Crippen molar-refractivity contribution in [2.45, 2.75) is 0 Å². The minimum Gasteiger partial charge on any atom is -0.412 e. The molecule has 0 aliphatic carbocycles. The molecule has 0 amide bonds. The average Bonchev–Trinajstić information content (AvgIpc) is 0.811. The SMILES string of the molecule is O.O.OP(O)O. The monoisotopic (exact) mass is 118 g/mol. The molecule has 0 radical (unpaired) electrons. The lowest BCUT2D eigenvalue weighted by atomic mass is 15.8. The molecule has 0 aliphatic heterocycles. The molecular formula is H7O5P. The second kappa shape index (κ2) is 8.97. The third kappa shape index (κ3) is 834. The molecule has 0 atom stereocenters. The summed E-state index contributed by atoms with van der Waals surface area (Å²) in [5, 5.41) is 0. The summed E-state index contributed by atoms with van der Waals surface area (Å²) in [4.78, 5) is 21.7.